The predicted molar refractivity (Wildman–Crippen MR) is 111 cm³/mol. The number of sulfonamides is 1. The molecule has 1 aliphatic carbocycles. The minimum atomic E-state index is -3.49. The standard InChI is InChI=1S/C21H33N3O3S/c1-2-23-28(26,27)19-11-9-18(10-12-19)20(25)22-17-21(13-5-3-6-14-21)24-15-7-4-8-16-24/h9-12,23H,2-8,13-17H2,1H3,(H,22,25). The Balaban J connectivity index is 1.66. The molecule has 7 heteroatoms. The number of piperidine rings is 1. The molecule has 1 aliphatic heterocycles. The first kappa shape index (κ1) is 21.3. The lowest BCUT2D eigenvalue weighted by Gasteiger charge is -2.48. The summed E-state index contributed by atoms with van der Waals surface area (Å²) in [5.41, 5.74) is 0.586. The molecule has 1 aromatic carbocycles. The van der Waals surface area contributed by atoms with Crippen molar-refractivity contribution in [2.45, 2.75) is 68.7 Å². The highest BCUT2D eigenvalue weighted by Crippen LogP contribution is 2.35. The summed E-state index contributed by atoms with van der Waals surface area (Å²) in [6.45, 7) is 5.01. The molecule has 1 aromatic rings. The highest BCUT2D eigenvalue weighted by molar-refractivity contribution is 7.89. The summed E-state index contributed by atoms with van der Waals surface area (Å²) in [6, 6.07) is 6.17. The summed E-state index contributed by atoms with van der Waals surface area (Å²) >= 11 is 0. The van der Waals surface area contributed by atoms with Gasteiger partial charge in [-0.15, -0.1) is 0 Å². The highest BCUT2D eigenvalue weighted by Gasteiger charge is 2.38. The second kappa shape index (κ2) is 9.37. The van der Waals surface area contributed by atoms with Crippen LogP contribution in [-0.2, 0) is 10.0 Å². The lowest BCUT2D eigenvalue weighted by Crippen LogP contribution is -2.58. The van der Waals surface area contributed by atoms with Gasteiger partial charge in [0.15, 0.2) is 0 Å². The third-order valence-corrected chi connectivity index (χ3v) is 7.71. The fraction of sp³-hybridized carbons (Fsp3) is 0.667. The summed E-state index contributed by atoms with van der Waals surface area (Å²) in [4.78, 5) is 15.5. The van der Waals surface area contributed by atoms with Crippen molar-refractivity contribution in [3.8, 4) is 0 Å². The number of rotatable bonds is 7. The van der Waals surface area contributed by atoms with E-state index in [9.17, 15) is 13.2 Å². The van der Waals surface area contributed by atoms with Crippen molar-refractivity contribution in [3.05, 3.63) is 29.8 Å². The largest absolute Gasteiger partial charge is 0.350 e. The fourth-order valence-corrected chi connectivity index (χ4v) is 5.63. The van der Waals surface area contributed by atoms with Crippen LogP contribution < -0.4 is 10.0 Å². The first-order chi connectivity index (χ1) is 13.5. The second-order valence-electron chi connectivity index (χ2n) is 8.04. The van der Waals surface area contributed by atoms with Gasteiger partial charge in [0.05, 0.1) is 4.90 Å². The fourth-order valence-electron chi connectivity index (χ4n) is 4.59. The average molecular weight is 408 g/mol. The van der Waals surface area contributed by atoms with Gasteiger partial charge < -0.3 is 5.32 Å². The molecule has 0 bridgehead atoms. The molecule has 0 atom stereocenters. The molecule has 156 valence electrons. The quantitative estimate of drug-likeness (QED) is 0.728. The molecule has 1 saturated carbocycles. The Morgan fingerprint density at radius 1 is 1.00 bits per heavy atom. The highest BCUT2D eigenvalue weighted by atomic mass is 32.2. The summed E-state index contributed by atoms with van der Waals surface area (Å²) < 4.78 is 26.6. The second-order valence-corrected chi connectivity index (χ2v) is 9.81. The van der Waals surface area contributed by atoms with E-state index < -0.39 is 10.0 Å². The molecule has 0 aromatic heterocycles. The van der Waals surface area contributed by atoms with Crippen molar-refractivity contribution in [1.29, 1.82) is 0 Å². The zero-order chi connectivity index (χ0) is 20.0. The molecule has 0 unspecified atom stereocenters. The van der Waals surface area contributed by atoms with Crippen LogP contribution >= 0.6 is 0 Å². The Labute approximate surface area is 169 Å². The maximum Gasteiger partial charge on any atom is 0.251 e. The molecular weight excluding hydrogens is 374 g/mol. The molecule has 1 saturated heterocycles. The molecule has 1 heterocycles. The van der Waals surface area contributed by atoms with Gasteiger partial charge in [0.1, 0.15) is 0 Å². The lowest BCUT2D eigenvalue weighted by molar-refractivity contribution is 0.0326. The van der Waals surface area contributed by atoms with E-state index in [1.807, 2.05) is 0 Å². The van der Waals surface area contributed by atoms with Gasteiger partial charge in [0.25, 0.3) is 5.91 Å². The van der Waals surface area contributed by atoms with E-state index in [0.717, 1.165) is 25.9 Å². The van der Waals surface area contributed by atoms with E-state index in [2.05, 4.69) is 14.9 Å². The molecule has 3 rings (SSSR count). The average Bonchev–Trinajstić information content (AvgIpc) is 2.73. The molecule has 2 N–H and O–H groups in total. The van der Waals surface area contributed by atoms with Crippen LogP contribution in [0.3, 0.4) is 0 Å². The van der Waals surface area contributed by atoms with Crippen LogP contribution in [0.2, 0.25) is 0 Å². The normalized spacial score (nSPS) is 20.6. The molecule has 0 spiro atoms. The van der Waals surface area contributed by atoms with E-state index in [0.29, 0.717) is 18.7 Å². The molecule has 2 fully saturated rings. The van der Waals surface area contributed by atoms with Crippen LogP contribution in [0.1, 0.15) is 68.6 Å². The van der Waals surface area contributed by atoms with Crippen molar-refractivity contribution in [2.24, 2.45) is 0 Å². The van der Waals surface area contributed by atoms with Crippen molar-refractivity contribution >= 4 is 15.9 Å². The number of amides is 1. The maximum atomic E-state index is 12.7. The number of likely N-dealkylation sites (tertiary alicyclic amines) is 1. The van der Waals surface area contributed by atoms with Gasteiger partial charge in [-0.2, -0.15) is 0 Å². The first-order valence-electron chi connectivity index (χ1n) is 10.6. The SMILES string of the molecule is CCNS(=O)(=O)c1ccc(C(=O)NCC2(N3CCCCC3)CCCCC2)cc1. The third-order valence-electron chi connectivity index (χ3n) is 6.15. The summed E-state index contributed by atoms with van der Waals surface area (Å²) in [5, 5.41) is 3.14. The molecular formula is C21H33N3O3S. The van der Waals surface area contributed by atoms with Gasteiger partial charge >= 0.3 is 0 Å². The summed E-state index contributed by atoms with van der Waals surface area (Å²) in [5.74, 6) is -0.130. The van der Waals surface area contributed by atoms with Crippen LogP contribution in [0.15, 0.2) is 29.2 Å². The van der Waals surface area contributed by atoms with Crippen molar-refractivity contribution in [1.82, 2.24) is 14.9 Å². The van der Waals surface area contributed by atoms with Gasteiger partial charge in [-0.25, -0.2) is 13.1 Å². The molecule has 28 heavy (non-hydrogen) atoms. The number of carbonyl (C=O) groups is 1. The predicted octanol–water partition coefficient (Wildman–Crippen LogP) is 2.90. The number of hydrogen-bond acceptors (Lipinski definition) is 4. The maximum absolute atomic E-state index is 12.7. The van der Waals surface area contributed by atoms with Crippen LogP contribution in [0, 0.1) is 0 Å². The van der Waals surface area contributed by atoms with Crippen molar-refractivity contribution in [2.75, 3.05) is 26.2 Å². The Morgan fingerprint density at radius 2 is 1.61 bits per heavy atom. The number of hydrogen-bond donors (Lipinski definition) is 2. The monoisotopic (exact) mass is 407 g/mol. The van der Waals surface area contributed by atoms with E-state index in [4.69, 9.17) is 0 Å². The van der Waals surface area contributed by atoms with E-state index >= 15 is 0 Å². The van der Waals surface area contributed by atoms with E-state index in [-0.39, 0.29) is 16.3 Å². The lowest BCUT2D eigenvalue weighted by atomic mass is 9.79. The van der Waals surface area contributed by atoms with Crippen molar-refractivity contribution in [3.63, 3.8) is 0 Å². The van der Waals surface area contributed by atoms with Gasteiger partial charge in [0, 0.05) is 24.2 Å². The Bertz CT molecular complexity index is 750. The summed E-state index contributed by atoms with van der Waals surface area (Å²) in [7, 11) is -3.49. The van der Waals surface area contributed by atoms with Crippen LogP contribution in [-0.4, -0.2) is 50.9 Å². The van der Waals surface area contributed by atoms with E-state index in [1.54, 1.807) is 19.1 Å². The zero-order valence-corrected chi connectivity index (χ0v) is 17.7. The minimum Gasteiger partial charge on any atom is -0.350 e. The topological polar surface area (TPSA) is 78.5 Å². The number of nitrogens with zero attached hydrogens (tertiary/aromatic N) is 1. The van der Waals surface area contributed by atoms with Gasteiger partial charge in [-0.3, -0.25) is 9.69 Å². The van der Waals surface area contributed by atoms with Crippen LogP contribution in [0.5, 0.6) is 0 Å². The minimum absolute atomic E-state index is 0.0860. The van der Waals surface area contributed by atoms with Gasteiger partial charge in [-0.05, 0) is 63.0 Å². The third kappa shape index (κ3) is 4.93. The molecule has 0 radical (unpaired) electrons. The Morgan fingerprint density at radius 3 is 2.21 bits per heavy atom. The van der Waals surface area contributed by atoms with Gasteiger partial charge in [-0.1, -0.05) is 32.6 Å². The first-order valence-corrected chi connectivity index (χ1v) is 12.1. The summed E-state index contributed by atoms with van der Waals surface area (Å²) in [6.07, 6.45) is 9.83. The number of carbonyl (C=O) groups excluding carboxylic acids is 1. The smallest absolute Gasteiger partial charge is 0.251 e. The molecule has 6 nitrogen and oxygen atoms in total. The van der Waals surface area contributed by atoms with Gasteiger partial charge in [0.2, 0.25) is 10.0 Å². The van der Waals surface area contributed by atoms with E-state index in [1.165, 1.54) is 50.7 Å². The Kier molecular flexibility index (Phi) is 7.12. The Hall–Kier alpha value is -1.44. The van der Waals surface area contributed by atoms with Crippen molar-refractivity contribution < 1.29 is 13.2 Å². The number of benzene rings is 1. The zero-order valence-electron chi connectivity index (χ0n) is 16.9. The molecule has 1 amide bonds. The molecule has 2 aliphatic rings. The number of nitrogens with one attached hydrogen (secondary N) is 2. The van der Waals surface area contributed by atoms with Crippen LogP contribution in [0.25, 0.3) is 0 Å². The van der Waals surface area contributed by atoms with Crippen LogP contribution in [0.4, 0.5) is 0 Å².